The van der Waals surface area contributed by atoms with Crippen molar-refractivity contribution in [1.29, 1.82) is 0 Å². The van der Waals surface area contributed by atoms with Gasteiger partial charge in [0.25, 0.3) is 21.6 Å². The first-order valence-corrected chi connectivity index (χ1v) is 12.5. The number of anilines is 1. The summed E-state index contributed by atoms with van der Waals surface area (Å²) < 4.78 is 38.5. The van der Waals surface area contributed by atoms with Crippen LogP contribution < -0.4 is 19.2 Å². The summed E-state index contributed by atoms with van der Waals surface area (Å²) in [7, 11) is -1.94. The molecule has 0 spiro atoms. The van der Waals surface area contributed by atoms with Gasteiger partial charge in [-0.05, 0) is 30.3 Å². The van der Waals surface area contributed by atoms with Crippen molar-refractivity contribution >= 4 is 56.7 Å². The zero-order chi connectivity index (χ0) is 27.2. The Morgan fingerprint density at radius 1 is 1.08 bits per heavy atom. The highest BCUT2D eigenvalue weighted by molar-refractivity contribution is 7.93. The minimum Gasteiger partial charge on any atom is -0.497 e. The highest BCUT2D eigenvalue weighted by Crippen LogP contribution is 2.37. The van der Waals surface area contributed by atoms with Crippen LogP contribution >= 0.6 is 23.2 Å². The van der Waals surface area contributed by atoms with Gasteiger partial charge in [0.2, 0.25) is 0 Å². The predicted molar refractivity (Wildman–Crippen MR) is 139 cm³/mol. The molecule has 3 rings (SSSR count). The average Bonchev–Trinajstić information content (AvgIpc) is 2.88. The van der Waals surface area contributed by atoms with E-state index in [9.17, 15) is 23.3 Å². The Morgan fingerprint density at radius 2 is 1.76 bits per heavy atom. The summed E-state index contributed by atoms with van der Waals surface area (Å²) in [4.78, 5) is 22.9. The van der Waals surface area contributed by atoms with Crippen molar-refractivity contribution in [3.63, 3.8) is 0 Å². The molecule has 1 amide bonds. The van der Waals surface area contributed by atoms with E-state index in [4.69, 9.17) is 32.7 Å². The number of carbonyl (C=O) groups excluding carboxylic acids is 1. The average molecular weight is 567 g/mol. The number of methoxy groups -OCH3 is 2. The van der Waals surface area contributed by atoms with Crippen molar-refractivity contribution in [2.45, 2.75) is 4.90 Å². The summed E-state index contributed by atoms with van der Waals surface area (Å²) in [6.45, 7) is -0.801. The molecular weight excluding hydrogens is 547 g/mol. The lowest BCUT2D eigenvalue weighted by Gasteiger charge is -2.25. The van der Waals surface area contributed by atoms with Crippen LogP contribution in [0.15, 0.2) is 70.7 Å². The van der Waals surface area contributed by atoms with Crippen LogP contribution in [0.25, 0.3) is 0 Å². The van der Waals surface area contributed by atoms with Crippen LogP contribution in [-0.4, -0.2) is 46.2 Å². The van der Waals surface area contributed by atoms with Crippen LogP contribution in [-0.2, 0) is 14.8 Å². The number of amides is 1. The monoisotopic (exact) mass is 566 g/mol. The third-order valence-corrected chi connectivity index (χ3v) is 7.42. The molecular formula is C23H20Cl2N4O7S. The highest BCUT2D eigenvalue weighted by atomic mass is 35.5. The fourth-order valence-electron chi connectivity index (χ4n) is 3.20. The summed E-state index contributed by atoms with van der Waals surface area (Å²) in [5, 5.41) is 15.9. The predicted octanol–water partition coefficient (Wildman–Crippen LogP) is 4.26. The molecule has 0 fully saturated rings. The summed E-state index contributed by atoms with van der Waals surface area (Å²) in [5.41, 5.74) is 1.83. The van der Waals surface area contributed by atoms with E-state index in [1.807, 2.05) is 0 Å². The number of benzene rings is 3. The van der Waals surface area contributed by atoms with E-state index in [1.165, 1.54) is 50.8 Å². The Morgan fingerprint density at radius 3 is 2.38 bits per heavy atom. The molecule has 37 heavy (non-hydrogen) atoms. The van der Waals surface area contributed by atoms with Gasteiger partial charge in [0.15, 0.2) is 4.90 Å². The van der Waals surface area contributed by atoms with Gasteiger partial charge in [-0.15, -0.1) is 0 Å². The maximum atomic E-state index is 13.7. The Bertz CT molecular complexity index is 1440. The second-order valence-electron chi connectivity index (χ2n) is 7.20. The second kappa shape index (κ2) is 11.9. The van der Waals surface area contributed by atoms with Gasteiger partial charge >= 0.3 is 0 Å². The Labute approximate surface area is 222 Å². The van der Waals surface area contributed by atoms with Crippen molar-refractivity contribution < 1.29 is 27.6 Å². The van der Waals surface area contributed by atoms with E-state index in [2.05, 4.69) is 10.5 Å². The van der Waals surface area contributed by atoms with Crippen LogP contribution in [0, 0.1) is 10.1 Å². The number of hydrogen-bond donors (Lipinski definition) is 1. The number of nitro benzene ring substituents is 1. The van der Waals surface area contributed by atoms with Crippen LogP contribution in [0.4, 0.5) is 11.4 Å². The number of carbonyl (C=O) groups is 1. The lowest BCUT2D eigenvalue weighted by Crippen LogP contribution is -2.40. The number of para-hydroxylation sites is 1. The van der Waals surface area contributed by atoms with Crippen LogP contribution in [0.5, 0.6) is 11.5 Å². The third-order valence-electron chi connectivity index (χ3n) is 4.96. The lowest BCUT2D eigenvalue weighted by molar-refractivity contribution is -0.387. The zero-order valence-electron chi connectivity index (χ0n) is 19.4. The molecule has 0 saturated carbocycles. The molecule has 0 atom stereocenters. The maximum absolute atomic E-state index is 13.7. The van der Waals surface area contributed by atoms with E-state index in [1.54, 1.807) is 18.2 Å². The van der Waals surface area contributed by atoms with Gasteiger partial charge in [0.05, 0.1) is 41.1 Å². The van der Waals surface area contributed by atoms with E-state index in [0.717, 1.165) is 12.1 Å². The molecule has 0 bridgehead atoms. The van der Waals surface area contributed by atoms with Crippen molar-refractivity contribution in [1.82, 2.24) is 5.43 Å². The zero-order valence-corrected chi connectivity index (χ0v) is 21.7. The molecule has 14 heteroatoms. The number of halogens is 2. The van der Waals surface area contributed by atoms with Gasteiger partial charge in [0, 0.05) is 17.7 Å². The molecule has 0 saturated heterocycles. The van der Waals surface area contributed by atoms with Crippen molar-refractivity contribution in [2.24, 2.45) is 5.10 Å². The molecule has 0 unspecified atom stereocenters. The number of ether oxygens (including phenoxy) is 2. The van der Waals surface area contributed by atoms with Gasteiger partial charge in [-0.2, -0.15) is 5.10 Å². The van der Waals surface area contributed by atoms with Gasteiger partial charge in [-0.1, -0.05) is 41.4 Å². The fraction of sp³-hybridized carbons (Fsp3) is 0.130. The molecule has 0 radical (unpaired) electrons. The van der Waals surface area contributed by atoms with E-state index in [-0.39, 0.29) is 21.5 Å². The van der Waals surface area contributed by atoms with Crippen molar-refractivity contribution in [3.8, 4) is 11.5 Å². The molecule has 3 aromatic rings. The first-order chi connectivity index (χ1) is 17.6. The summed E-state index contributed by atoms with van der Waals surface area (Å²) >= 11 is 12.2. The first kappa shape index (κ1) is 27.7. The number of sulfonamides is 1. The molecule has 0 heterocycles. The minimum absolute atomic E-state index is 0.0423. The van der Waals surface area contributed by atoms with Crippen LogP contribution in [0.3, 0.4) is 0 Å². The molecule has 3 aromatic carbocycles. The number of nitrogens with zero attached hydrogens (tertiary/aromatic N) is 3. The first-order valence-electron chi connectivity index (χ1n) is 10.3. The normalized spacial score (nSPS) is 11.2. The fourth-order valence-corrected chi connectivity index (χ4v) is 5.29. The summed E-state index contributed by atoms with van der Waals surface area (Å²) in [6, 6.07) is 13.8. The van der Waals surface area contributed by atoms with Gasteiger partial charge in [0.1, 0.15) is 18.0 Å². The standard InChI is InChI=1S/C23H20Cl2N4O7S/c1-35-15-10-11-19(21(12-15)36-2)28(37(33,34)22-9-4-3-8-20(22)29(31)32)14-23(30)27-26-13-16-17(24)6-5-7-18(16)25/h3-13H,14H2,1-2H3,(H,27,30)/b26-13+. The smallest absolute Gasteiger partial charge is 0.289 e. The Hall–Kier alpha value is -3.87. The number of nitrogens with one attached hydrogen (secondary N) is 1. The SMILES string of the molecule is COc1ccc(N(CC(=O)N/N=C/c2c(Cl)cccc2Cl)S(=O)(=O)c2ccccc2[N+](=O)[O-])c(OC)c1. The maximum Gasteiger partial charge on any atom is 0.289 e. The molecule has 0 aliphatic rings. The number of nitro groups is 1. The summed E-state index contributed by atoms with van der Waals surface area (Å²) in [6.07, 6.45) is 1.21. The van der Waals surface area contributed by atoms with E-state index >= 15 is 0 Å². The van der Waals surface area contributed by atoms with Crippen LogP contribution in [0.1, 0.15) is 5.56 Å². The highest BCUT2D eigenvalue weighted by Gasteiger charge is 2.34. The summed E-state index contributed by atoms with van der Waals surface area (Å²) in [5.74, 6) is -0.463. The number of hydrazone groups is 1. The van der Waals surface area contributed by atoms with Crippen LogP contribution in [0.2, 0.25) is 10.0 Å². The van der Waals surface area contributed by atoms with Gasteiger partial charge in [-0.3, -0.25) is 19.2 Å². The topological polar surface area (TPSA) is 140 Å². The van der Waals surface area contributed by atoms with Crippen molar-refractivity contribution in [3.05, 3.63) is 86.4 Å². The Balaban J connectivity index is 2.03. The molecule has 0 aromatic heterocycles. The van der Waals surface area contributed by atoms with Gasteiger partial charge < -0.3 is 9.47 Å². The third kappa shape index (κ3) is 6.28. The molecule has 0 aliphatic heterocycles. The minimum atomic E-state index is -4.65. The molecule has 0 aliphatic carbocycles. The number of rotatable bonds is 10. The number of hydrogen-bond acceptors (Lipinski definition) is 8. The van der Waals surface area contributed by atoms with E-state index in [0.29, 0.717) is 15.6 Å². The molecule has 194 valence electrons. The van der Waals surface area contributed by atoms with Gasteiger partial charge in [-0.25, -0.2) is 13.8 Å². The second-order valence-corrected chi connectivity index (χ2v) is 9.85. The lowest BCUT2D eigenvalue weighted by atomic mass is 10.2. The quantitative estimate of drug-likeness (QED) is 0.219. The Kier molecular flexibility index (Phi) is 8.92. The largest absolute Gasteiger partial charge is 0.497 e. The van der Waals surface area contributed by atoms with E-state index < -0.39 is 38.0 Å². The van der Waals surface area contributed by atoms with Crippen molar-refractivity contribution in [2.75, 3.05) is 25.1 Å². The molecule has 11 nitrogen and oxygen atoms in total. The molecule has 1 N–H and O–H groups in total.